The van der Waals surface area contributed by atoms with Gasteiger partial charge < -0.3 is 14.4 Å². The second-order valence-electron chi connectivity index (χ2n) is 6.11. The van der Waals surface area contributed by atoms with Gasteiger partial charge in [0, 0.05) is 32.6 Å². The molecule has 1 N–H and O–H groups in total. The number of pyridine rings is 1. The number of guanidine groups is 1. The van der Waals surface area contributed by atoms with Crippen molar-refractivity contribution in [3.63, 3.8) is 0 Å². The molecule has 1 aliphatic rings. The average Bonchev–Trinajstić information content (AvgIpc) is 2.55. The molecule has 1 aliphatic heterocycles. The molecule has 126 valence electrons. The molecular formula is C17H28N4OSi. The molecule has 1 unspecified atom stereocenters. The van der Waals surface area contributed by atoms with E-state index < -0.39 is 0 Å². The predicted octanol–water partition coefficient (Wildman–Crippen LogP) is 1.91. The van der Waals surface area contributed by atoms with Crippen molar-refractivity contribution in [2.45, 2.75) is 45.2 Å². The lowest BCUT2D eigenvalue weighted by atomic mass is 9.94. The number of likely N-dealkylation sites (N-methyl/N-ethyl adjacent to an activating group) is 1. The monoisotopic (exact) mass is 332 g/mol. The third kappa shape index (κ3) is 4.13. The Morgan fingerprint density at radius 1 is 1.30 bits per heavy atom. The van der Waals surface area contributed by atoms with Gasteiger partial charge in [0.25, 0.3) is 0 Å². The first kappa shape index (κ1) is 17.5. The molecule has 0 fully saturated rings. The molecule has 5 nitrogen and oxygen atoms in total. The highest BCUT2D eigenvalue weighted by atomic mass is 28.2. The first-order valence-electron chi connectivity index (χ1n) is 8.48. The van der Waals surface area contributed by atoms with Crippen molar-refractivity contribution in [3.8, 4) is 0 Å². The van der Waals surface area contributed by atoms with Crippen molar-refractivity contribution in [1.82, 2.24) is 14.4 Å². The number of rotatable bonds is 6. The number of aromatic nitrogens is 1. The molecule has 2 heterocycles. The minimum Gasteiger partial charge on any atom is -0.387 e. The van der Waals surface area contributed by atoms with Crippen LogP contribution in [0.2, 0.25) is 6.04 Å². The molecule has 1 atom stereocenters. The van der Waals surface area contributed by atoms with E-state index in [0.717, 1.165) is 24.4 Å². The van der Waals surface area contributed by atoms with Gasteiger partial charge in [0.05, 0.1) is 6.04 Å². The summed E-state index contributed by atoms with van der Waals surface area (Å²) in [5.74, 6) is 0.956. The van der Waals surface area contributed by atoms with E-state index in [9.17, 15) is 4.79 Å². The molecule has 0 bridgehead atoms. The Bertz CT molecular complexity index is 650. The maximum absolute atomic E-state index is 11.7. The molecule has 0 amide bonds. The van der Waals surface area contributed by atoms with Gasteiger partial charge in [-0.25, -0.2) is 4.99 Å². The van der Waals surface area contributed by atoms with Crippen LogP contribution < -0.4 is 10.5 Å². The Morgan fingerprint density at radius 3 is 2.74 bits per heavy atom. The van der Waals surface area contributed by atoms with Gasteiger partial charge in [-0.05, 0) is 36.1 Å². The summed E-state index contributed by atoms with van der Waals surface area (Å²) in [4.78, 5) is 22.1. The van der Waals surface area contributed by atoms with Gasteiger partial charge in [0.2, 0.25) is 5.56 Å². The largest absolute Gasteiger partial charge is 0.387 e. The lowest BCUT2D eigenvalue weighted by molar-refractivity contribution is 0.391. The molecule has 0 aromatic carbocycles. The summed E-state index contributed by atoms with van der Waals surface area (Å²) in [6.45, 7) is 4.41. The Labute approximate surface area is 141 Å². The van der Waals surface area contributed by atoms with E-state index >= 15 is 0 Å². The number of nitrogens with one attached hydrogen (secondary N) is 1. The molecule has 6 heteroatoms. The van der Waals surface area contributed by atoms with Crippen molar-refractivity contribution in [3.05, 3.63) is 46.0 Å². The summed E-state index contributed by atoms with van der Waals surface area (Å²) in [6, 6.07) is 4.95. The highest BCUT2D eigenvalue weighted by Crippen LogP contribution is 2.32. The number of hydrogen-bond donors (Lipinski definition) is 1. The van der Waals surface area contributed by atoms with Crippen LogP contribution in [0.1, 0.15) is 44.7 Å². The summed E-state index contributed by atoms with van der Waals surface area (Å²) >= 11 is 0. The highest BCUT2D eigenvalue weighted by Gasteiger charge is 2.27. The normalized spacial score (nSPS) is 18.3. The van der Waals surface area contributed by atoms with Crippen LogP contribution in [-0.4, -0.2) is 32.2 Å². The molecule has 2 rings (SSSR count). The zero-order chi connectivity index (χ0) is 16.8. The average molecular weight is 333 g/mol. The van der Waals surface area contributed by atoms with Crippen LogP contribution in [0, 0.1) is 0 Å². The first-order valence-corrected chi connectivity index (χ1v) is 10.2. The maximum Gasteiger partial charge on any atom is 0.250 e. The van der Waals surface area contributed by atoms with Crippen molar-refractivity contribution in [1.29, 1.82) is 0 Å². The first-order chi connectivity index (χ1) is 11.1. The topological polar surface area (TPSA) is 49.6 Å². The number of aliphatic imine (C=N–C) groups is 1. The fourth-order valence-electron chi connectivity index (χ4n) is 2.88. The summed E-state index contributed by atoms with van der Waals surface area (Å²) in [5.41, 5.74) is 2.48. The van der Waals surface area contributed by atoms with Crippen molar-refractivity contribution in [2.24, 2.45) is 12.0 Å². The van der Waals surface area contributed by atoms with Crippen LogP contribution in [0.25, 0.3) is 0 Å². The number of aryl methyl sites for hydroxylation is 1. The standard InChI is InChI=1S/C17H28N4OSi/c1-5-7-8-13-11-18-17(19-23-6-2)21(4)16(13)14-9-10-15(22)20(3)12-14/h9-12,16H,5-8,23H2,1-4H3,(H,18,19). The second-order valence-corrected chi connectivity index (χ2v) is 7.97. The number of nitrogens with zero attached hydrogens (tertiary/aromatic N) is 3. The third-order valence-electron chi connectivity index (χ3n) is 4.20. The number of hydrogen-bond acceptors (Lipinski definition) is 4. The number of unbranched alkanes of at least 4 members (excludes halogenated alkanes) is 1. The fourth-order valence-corrected chi connectivity index (χ4v) is 3.70. The molecule has 23 heavy (non-hydrogen) atoms. The van der Waals surface area contributed by atoms with Crippen molar-refractivity contribution < 1.29 is 0 Å². The molecule has 0 radical (unpaired) electrons. The zero-order valence-corrected chi connectivity index (χ0v) is 16.1. The Kier molecular flexibility index (Phi) is 6.21. The molecule has 0 aliphatic carbocycles. The zero-order valence-electron chi connectivity index (χ0n) is 14.7. The lowest BCUT2D eigenvalue weighted by Gasteiger charge is -2.36. The van der Waals surface area contributed by atoms with Crippen LogP contribution in [0.3, 0.4) is 0 Å². The van der Waals surface area contributed by atoms with Gasteiger partial charge in [-0.3, -0.25) is 4.79 Å². The van der Waals surface area contributed by atoms with Crippen LogP contribution in [-0.2, 0) is 7.05 Å². The minimum absolute atomic E-state index is 0.0247. The maximum atomic E-state index is 11.7. The Morgan fingerprint density at radius 2 is 2.09 bits per heavy atom. The Balaban J connectivity index is 2.35. The minimum atomic E-state index is -0.311. The van der Waals surface area contributed by atoms with Gasteiger partial charge in [0.15, 0.2) is 5.96 Å². The lowest BCUT2D eigenvalue weighted by Crippen LogP contribution is -2.44. The third-order valence-corrected chi connectivity index (χ3v) is 5.27. The summed E-state index contributed by atoms with van der Waals surface area (Å²) in [6.07, 6.45) is 7.33. The predicted molar refractivity (Wildman–Crippen MR) is 99.4 cm³/mol. The fraction of sp³-hybridized carbons (Fsp3) is 0.529. The molecule has 0 saturated carbocycles. The summed E-state index contributed by atoms with van der Waals surface area (Å²) in [7, 11) is 3.58. The van der Waals surface area contributed by atoms with E-state index in [1.807, 2.05) is 18.5 Å². The van der Waals surface area contributed by atoms with E-state index in [0.29, 0.717) is 0 Å². The van der Waals surface area contributed by atoms with Crippen molar-refractivity contribution in [2.75, 3.05) is 7.05 Å². The summed E-state index contributed by atoms with van der Waals surface area (Å²) < 4.78 is 1.65. The van der Waals surface area contributed by atoms with Crippen LogP contribution in [0.5, 0.6) is 0 Å². The van der Waals surface area contributed by atoms with E-state index in [-0.39, 0.29) is 21.3 Å². The molecule has 1 aromatic heterocycles. The van der Waals surface area contributed by atoms with Crippen LogP contribution >= 0.6 is 0 Å². The SMILES string of the molecule is CCCCC1=CN=C(N[SiH2]CC)N(C)C1c1ccc(=O)n(C)c1. The molecule has 0 spiro atoms. The van der Waals surface area contributed by atoms with E-state index in [1.165, 1.54) is 18.0 Å². The van der Waals surface area contributed by atoms with Crippen molar-refractivity contribution >= 4 is 15.6 Å². The van der Waals surface area contributed by atoms with Gasteiger partial charge in [-0.15, -0.1) is 0 Å². The summed E-state index contributed by atoms with van der Waals surface area (Å²) in [5, 5.41) is 0. The van der Waals surface area contributed by atoms with Gasteiger partial charge >= 0.3 is 0 Å². The van der Waals surface area contributed by atoms with E-state index in [4.69, 9.17) is 0 Å². The van der Waals surface area contributed by atoms with Crippen LogP contribution in [0.4, 0.5) is 0 Å². The molecule has 1 aromatic rings. The second kappa shape index (κ2) is 8.15. The quantitative estimate of drug-likeness (QED) is 0.810. The van der Waals surface area contributed by atoms with E-state index in [1.54, 1.807) is 17.7 Å². The molecule has 0 saturated heterocycles. The van der Waals surface area contributed by atoms with Gasteiger partial charge in [0.1, 0.15) is 9.68 Å². The van der Waals surface area contributed by atoms with Crippen LogP contribution in [0.15, 0.2) is 39.9 Å². The van der Waals surface area contributed by atoms with E-state index in [2.05, 4.69) is 35.8 Å². The highest BCUT2D eigenvalue weighted by molar-refractivity contribution is 6.37. The van der Waals surface area contributed by atoms with Gasteiger partial charge in [-0.1, -0.05) is 20.3 Å². The Hall–Kier alpha value is -1.82. The smallest absolute Gasteiger partial charge is 0.250 e. The molecular weight excluding hydrogens is 304 g/mol. The van der Waals surface area contributed by atoms with Gasteiger partial charge in [-0.2, -0.15) is 0 Å².